The number of nitrogens with zero attached hydrogens (tertiary/aromatic N) is 4. The fourth-order valence-corrected chi connectivity index (χ4v) is 3.99. The Morgan fingerprint density at radius 2 is 2.11 bits per heavy atom. The number of thiazole rings is 1. The lowest BCUT2D eigenvalue weighted by Crippen LogP contribution is -2.36. The van der Waals surface area contributed by atoms with E-state index in [9.17, 15) is 14.9 Å². The molecule has 1 N–H and O–H groups in total. The molecule has 0 atom stereocenters. The number of carbonyl (C=O) groups is 1. The van der Waals surface area contributed by atoms with E-state index in [-0.39, 0.29) is 11.3 Å². The standard InChI is InChI=1S/C18H17N5O4S/c1-11-14(9-13(10-19-11)23(25)26)17(24)20-12-2-3-15-16(8-12)28-18(21-15)22-4-6-27-7-5-22/h2-3,8-10H,4-7H2,1H3,(H,20,24). The second kappa shape index (κ2) is 7.49. The lowest BCUT2D eigenvalue weighted by atomic mass is 10.1. The molecular weight excluding hydrogens is 382 g/mol. The minimum absolute atomic E-state index is 0.174. The third kappa shape index (κ3) is 3.64. The summed E-state index contributed by atoms with van der Waals surface area (Å²) in [6, 6.07) is 6.71. The molecule has 3 heterocycles. The Kier molecular flexibility index (Phi) is 4.88. The quantitative estimate of drug-likeness (QED) is 0.530. The molecule has 28 heavy (non-hydrogen) atoms. The van der Waals surface area contributed by atoms with Crippen molar-refractivity contribution in [1.29, 1.82) is 0 Å². The van der Waals surface area contributed by atoms with Crippen LogP contribution in [0.5, 0.6) is 0 Å². The van der Waals surface area contributed by atoms with E-state index in [0.717, 1.165) is 34.6 Å². The van der Waals surface area contributed by atoms with Crippen LogP contribution in [0.3, 0.4) is 0 Å². The van der Waals surface area contributed by atoms with Gasteiger partial charge in [0.25, 0.3) is 11.6 Å². The molecule has 144 valence electrons. The predicted octanol–water partition coefficient (Wildman–Crippen LogP) is 3.00. The Bertz CT molecular complexity index is 1060. The molecule has 0 spiro atoms. The number of fused-ring (bicyclic) bond motifs is 1. The SMILES string of the molecule is Cc1ncc([N+](=O)[O-])cc1C(=O)Nc1ccc2nc(N3CCOCC3)sc2c1. The fraction of sp³-hybridized carbons (Fsp3) is 0.278. The maximum Gasteiger partial charge on any atom is 0.288 e. The molecule has 10 heteroatoms. The second-order valence-electron chi connectivity index (χ2n) is 6.32. The van der Waals surface area contributed by atoms with Gasteiger partial charge in [-0.2, -0.15) is 0 Å². The van der Waals surface area contributed by atoms with E-state index >= 15 is 0 Å². The topological polar surface area (TPSA) is 110 Å². The first-order valence-corrected chi connectivity index (χ1v) is 9.48. The Labute approximate surface area is 164 Å². The molecule has 1 aromatic carbocycles. The predicted molar refractivity (Wildman–Crippen MR) is 106 cm³/mol. The molecule has 1 fully saturated rings. The zero-order chi connectivity index (χ0) is 19.7. The summed E-state index contributed by atoms with van der Waals surface area (Å²) in [5.41, 5.74) is 1.84. The van der Waals surface area contributed by atoms with Crippen LogP contribution < -0.4 is 10.2 Å². The van der Waals surface area contributed by atoms with Gasteiger partial charge in [0, 0.05) is 24.8 Å². The Hall–Kier alpha value is -3.11. The molecule has 1 saturated heterocycles. The number of hydrogen-bond acceptors (Lipinski definition) is 8. The van der Waals surface area contributed by atoms with Crippen molar-refractivity contribution < 1.29 is 14.5 Å². The Morgan fingerprint density at radius 3 is 2.86 bits per heavy atom. The molecular formula is C18H17N5O4S. The summed E-state index contributed by atoms with van der Waals surface area (Å²) in [4.78, 5) is 33.7. The number of aryl methyl sites for hydroxylation is 1. The van der Waals surface area contributed by atoms with Crippen molar-refractivity contribution in [3.8, 4) is 0 Å². The van der Waals surface area contributed by atoms with Crippen LogP contribution in [0.4, 0.5) is 16.5 Å². The van der Waals surface area contributed by atoms with Gasteiger partial charge in [-0.1, -0.05) is 11.3 Å². The molecule has 0 radical (unpaired) electrons. The summed E-state index contributed by atoms with van der Waals surface area (Å²) < 4.78 is 6.33. The van der Waals surface area contributed by atoms with E-state index in [1.807, 2.05) is 12.1 Å². The number of ether oxygens (including phenoxy) is 1. The summed E-state index contributed by atoms with van der Waals surface area (Å²) in [6.07, 6.45) is 1.14. The van der Waals surface area contributed by atoms with E-state index in [1.165, 1.54) is 6.07 Å². The van der Waals surface area contributed by atoms with Crippen LogP contribution in [0.1, 0.15) is 16.1 Å². The molecule has 4 rings (SSSR count). The van der Waals surface area contributed by atoms with Crippen molar-refractivity contribution in [1.82, 2.24) is 9.97 Å². The van der Waals surface area contributed by atoms with Crippen LogP contribution in [0, 0.1) is 17.0 Å². The number of aromatic nitrogens is 2. The highest BCUT2D eigenvalue weighted by Gasteiger charge is 2.18. The smallest absolute Gasteiger partial charge is 0.288 e. The van der Waals surface area contributed by atoms with Crippen molar-refractivity contribution >= 4 is 44.0 Å². The number of nitro groups is 1. The van der Waals surface area contributed by atoms with Crippen molar-refractivity contribution in [2.75, 3.05) is 36.5 Å². The molecule has 0 unspecified atom stereocenters. The number of amides is 1. The average Bonchev–Trinajstić information content (AvgIpc) is 3.12. The minimum Gasteiger partial charge on any atom is -0.378 e. The van der Waals surface area contributed by atoms with Gasteiger partial charge in [-0.05, 0) is 25.1 Å². The molecule has 1 aliphatic heterocycles. The van der Waals surface area contributed by atoms with E-state index in [0.29, 0.717) is 24.6 Å². The lowest BCUT2D eigenvalue weighted by molar-refractivity contribution is -0.385. The zero-order valence-corrected chi connectivity index (χ0v) is 15.9. The van der Waals surface area contributed by atoms with Crippen LogP contribution >= 0.6 is 11.3 Å². The monoisotopic (exact) mass is 399 g/mol. The molecule has 0 aliphatic carbocycles. The molecule has 0 saturated carbocycles. The first-order valence-electron chi connectivity index (χ1n) is 8.67. The molecule has 3 aromatic rings. The molecule has 2 aromatic heterocycles. The zero-order valence-electron chi connectivity index (χ0n) is 15.0. The van der Waals surface area contributed by atoms with E-state index < -0.39 is 10.8 Å². The Balaban J connectivity index is 1.57. The summed E-state index contributed by atoms with van der Waals surface area (Å²) in [5, 5.41) is 14.7. The third-order valence-electron chi connectivity index (χ3n) is 4.44. The molecule has 0 bridgehead atoms. The molecule has 1 amide bonds. The van der Waals surface area contributed by atoms with E-state index in [1.54, 1.807) is 24.3 Å². The number of pyridine rings is 1. The fourth-order valence-electron chi connectivity index (χ4n) is 2.93. The first-order chi connectivity index (χ1) is 13.5. The number of benzene rings is 1. The van der Waals surface area contributed by atoms with Gasteiger partial charge in [-0.15, -0.1) is 0 Å². The van der Waals surface area contributed by atoms with Crippen molar-refractivity contribution in [3.63, 3.8) is 0 Å². The highest BCUT2D eigenvalue weighted by atomic mass is 32.1. The molecule has 1 aliphatic rings. The normalized spacial score (nSPS) is 14.2. The highest BCUT2D eigenvalue weighted by molar-refractivity contribution is 7.22. The van der Waals surface area contributed by atoms with Gasteiger partial charge in [0.15, 0.2) is 5.13 Å². The van der Waals surface area contributed by atoms with Crippen LogP contribution in [-0.4, -0.2) is 47.1 Å². The number of rotatable bonds is 4. The lowest BCUT2D eigenvalue weighted by Gasteiger charge is -2.25. The van der Waals surface area contributed by atoms with Gasteiger partial charge < -0.3 is 15.0 Å². The largest absolute Gasteiger partial charge is 0.378 e. The van der Waals surface area contributed by atoms with Crippen molar-refractivity contribution in [2.45, 2.75) is 6.92 Å². The van der Waals surface area contributed by atoms with Crippen LogP contribution in [0.2, 0.25) is 0 Å². The first kappa shape index (κ1) is 18.3. The van der Waals surface area contributed by atoms with Crippen molar-refractivity contribution in [3.05, 3.63) is 51.8 Å². The number of hydrogen-bond donors (Lipinski definition) is 1. The summed E-state index contributed by atoms with van der Waals surface area (Å²) in [6.45, 7) is 4.63. The Morgan fingerprint density at radius 1 is 1.32 bits per heavy atom. The maximum atomic E-state index is 12.6. The van der Waals surface area contributed by atoms with Gasteiger partial charge in [-0.25, -0.2) is 4.98 Å². The number of anilines is 2. The van der Waals surface area contributed by atoms with Gasteiger partial charge >= 0.3 is 0 Å². The highest BCUT2D eigenvalue weighted by Crippen LogP contribution is 2.31. The number of carbonyl (C=O) groups excluding carboxylic acids is 1. The van der Waals surface area contributed by atoms with E-state index in [4.69, 9.17) is 4.74 Å². The summed E-state index contributed by atoms with van der Waals surface area (Å²) in [7, 11) is 0. The van der Waals surface area contributed by atoms with Gasteiger partial charge in [0.1, 0.15) is 6.20 Å². The molecule has 9 nitrogen and oxygen atoms in total. The number of nitrogens with one attached hydrogen (secondary N) is 1. The van der Waals surface area contributed by atoms with Gasteiger partial charge in [0.2, 0.25) is 0 Å². The minimum atomic E-state index is -0.570. The number of morpholine rings is 1. The van der Waals surface area contributed by atoms with Gasteiger partial charge in [0.05, 0.1) is 39.6 Å². The summed E-state index contributed by atoms with van der Waals surface area (Å²) in [5.74, 6) is -0.439. The third-order valence-corrected chi connectivity index (χ3v) is 5.52. The van der Waals surface area contributed by atoms with E-state index in [2.05, 4.69) is 20.2 Å². The maximum absolute atomic E-state index is 12.6. The average molecular weight is 399 g/mol. The second-order valence-corrected chi connectivity index (χ2v) is 7.33. The van der Waals surface area contributed by atoms with Crippen LogP contribution in [0.15, 0.2) is 30.5 Å². The van der Waals surface area contributed by atoms with Crippen LogP contribution in [0.25, 0.3) is 10.2 Å². The summed E-state index contributed by atoms with van der Waals surface area (Å²) >= 11 is 1.56. The van der Waals surface area contributed by atoms with Gasteiger partial charge in [-0.3, -0.25) is 19.9 Å². The van der Waals surface area contributed by atoms with Crippen LogP contribution in [-0.2, 0) is 4.74 Å². The van der Waals surface area contributed by atoms with Crippen molar-refractivity contribution in [2.24, 2.45) is 0 Å².